The van der Waals surface area contributed by atoms with Gasteiger partial charge < -0.3 is 4.90 Å². The van der Waals surface area contributed by atoms with Gasteiger partial charge in [-0.15, -0.1) is 11.3 Å². The van der Waals surface area contributed by atoms with Gasteiger partial charge >= 0.3 is 5.69 Å². The molecule has 0 spiro atoms. The van der Waals surface area contributed by atoms with E-state index >= 15 is 0 Å². The fourth-order valence-corrected chi connectivity index (χ4v) is 5.44. The Hall–Kier alpha value is -3.16. The van der Waals surface area contributed by atoms with Crippen LogP contribution < -0.4 is 11.2 Å². The zero-order valence-corrected chi connectivity index (χ0v) is 20.2. The Kier molecular flexibility index (Phi) is 6.54. The summed E-state index contributed by atoms with van der Waals surface area (Å²) in [6.45, 7) is 6.96. The predicted octanol–water partition coefficient (Wildman–Crippen LogP) is 4.71. The number of fused-ring (bicyclic) bond motifs is 1. The topological polar surface area (TPSA) is 64.3 Å². The molecule has 0 saturated carbocycles. The molecule has 1 amide bonds. The van der Waals surface area contributed by atoms with Gasteiger partial charge in [-0.3, -0.25) is 14.2 Å². The van der Waals surface area contributed by atoms with Crippen molar-refractivity contribution < 1.29 is 4.79 Å². The Morgan fingerprint density at radius 3 is 2.36 bits per heavy atom. The van der Waals surface area contributed by atoms with Crippen LogP contribution in [0, 0.1) is 6.92 Å². The van der Waals surface area contributed by atoms with E-state index in [-0.39, 0.29) is 12.5 Å². The summed E-state index contributed by atoms with van der Waals surface area (Å²) >= 11 is 7.37. The van der Waals surface area contributed by atoms with E-state index in [2.05, 4.69) is 0 Å². The Labute approximate surface area is 200 Å². The summed E-state index contributed by atoms with van der Waals surface area (Å²) in [6, 6.07) is 16.1. The maximum absolute atomic E-state index is 13.6. The summed E-state index contributed by atoms with van der Waals surface area (Å²) in [5, 5.41) is 0.953. The van der Waals surface area contributed by atoms with Crippen LogP contribution in [0.2, 0.25) is 5.02 Å². The van der Waals surface area contributed by atoms with E-state index in [9.17, 15) is 14.4 Å². The van der Waals surface area contributed by atoms with Crippen LogP contribution in [-0.2, 0) is 6.54 Å². The molecule has 4 aromatic rings. The first kappa shape index (κ1) is 23.0. The number of thiophene rings is 1. The Balaban J connectivity index is 2.05. The standard InChI is InChI=1S/C25H24ClN3O3S/c1-4-27(5-2)23(31)21-16(3)20-22(30)29(19-12-7-6-8-13-19)25(32)28(24(20)33-21)15-17-10-9-11-18(26)14-17/h6-14H,4-5,15H2,1-3H3. The minimum absolute atomic E-state index is 0.133. The number of rotatable bonds is 6. The van der Waals surface area contributed by atoms with Gasteiger partial charge in [-0.05, 0) is 56.2 Å². The second kappa shape index (κ2) is 9.37. The van der Waals surface area contributed by atoms with Crippen LogP contribution in [0.3, 0.4) is 0 Å². The molecule has 0 N–H and O–H groups in total. The van der Waals surface area contributed by atoms with Gasteiger partial charge in [-0.2, -0.15) is 0 Å². The summed E-state index contributed by atoms with van der Waals surface area (Å²) in [4.78, 5) is 43.1. The van der Waals surface area contributed by atoms with Gasteiger partial charge in [0.1, 0.15) is 4.83 Å². The third-order valence-corrected chi connectivity index (χ3v) is 7.24. The van der Waals surface area contributed by atoms with E-state index in [4.69, 9.17) is 11.6 Å². The van der Waals surface area contributed by atoms with E-state index in [1.165, 1.54) is 15.9 Å². The van der Waals surface area contributed by atoms with E-state index in [0.717, 1.165) is 5.56 Å². The first-order chi connectivity index (χ1) is 15.9. The van der Waals surface area contributed by atoms with Crippen LogP contribution in [-0.4, -0.2) is 33.0 Å². The predicted molar refractivity (Wildman–Crippen MR) is 134 cm³/mol. The van der Waals surface area contributed by atoms with E-state index in [0.29, 0.717) is 44.5 Å². The number of hydrogen-bond donors (Lipinski definition) is 0. The highest BCUT2D eigenvalue weighted by molar-refractivity contribution is 7.20. The SMILES string of the molecule is CCN(CC)C(=O)c1sc2c(c1C)c(=O)n(-c1ccccc1)c(=O)n2Cc1cccc(Cl)c1. The molecule has 170 valence electrons. The van der Waals surface area contributed by atoms with Crippen LogP contribution in [0.15, 0.2) is 64.2 Å². The van der Waals surface area contributed by atoms with E-state index in [1.54, 1.807) is 52.8 Å². The number of carbonyl (C=O) groups is 1. The van der Waals surface area contributed by atoms with Gasteiger partial charge in [0, 0.05) is 18.1 Å². The lowest BCUT2D eigenvalue weighted by molar-refractivity contribution is 0.0777. The number of nitrogens with zero attached hydrogens (tertiary/aromatic N) is 3. The zero-order valence-electron chi connectivity index (χ0n) is 18.7. The van der Waals surface area contributed by atoms with Crippen molar-refractivity contribution in [3.63, 3.8) is 0 Å². The molecule has 4 rings (SSSR count). The van der Waals surface area contributed by atoms with Gasteiger partial charge in [-0.25, -0.2) is 9.36 Å². The third-order valence-electron chi connectivity index (χ3n) is 5.70. The number of hydrogen-bond acceptors (Lipinski definition) is 4. The Morgan fingerprint density at radius 2 is 1.73 bits per heavy atom. The molecular formula is C25H24ClN3O3S. The van der Waals surface area contributed by atoms with Gasteiger partial charge in [0.05, 0.1) is 22.5 Å². The fourth-order valence-electron chi connectivity index (χ4n) is 3.97. The highest BCUT2D eigenvalue weighted by Crippen LogP contribution is 2.30. The lowest BCUT2D eigenvalue weighted by Gasteiger charge is -2.17. The van der Waals surface area contributed by atoms with Crippen LogP contribution >= 0.6 is 22.9 Å². The minimum atomic E-state index is -0.457. The molecule has 0 aliphatic heterocycles. The molecule has 0 radical (unpaired) electrons. The third kappa shape index (κ3) is 4.14. The van der Waals surface area contributed by atoms with Crippen molar-refractivity contribution in [3.8, 4) is 5.69 Å². The van der Waals surface area contributed by atoms with Crippen LogP contribution in [0.4, 0.5) is 0 Å². The summed E-state index contributed by atoms with van der Waals surface area (Å²) in [5.41, 5.74) is 1.03. The number of aromatic nitrogens is 2. The maximum atomic E-state index is 13.6. The molecule has 0 aliphatic carbocycles. The molecular weight excluding hydrogens is 458 g/mol. The van der Waals surface area contributed by atoms with Crippen molar-refractivity contribution in [1.82, 2.24) is 14.0 Å². The number of halogens is 1. The summed E-state index contributed by atoms with van der Waals surface area (Å²) < 4.78 is 2.74. The molecule has 33 heavy (non-hydrogen) atoms. The largest absolute Gasteiger partial charge is 0.338 e. The first-order valence-electron chi connectivity index (χ1n) is 10.7. The van der Waals surface area contributed by atoms with Crippen LogP contribution in [0.5, 0.6) is 0 Å². The van der Waals surface area contributed by atoms with Crippen LogP contribution in [0.25, 0.3) is 15.9 Å². The van der Waals surface area contributed by atoms with Crippen molar-refractivity contribution >= 4 is 39.1 Å². The highest BCUT2D eigenvalue weighted by atomic mass is 35.5. The number of carbonyl (C=O) groups excluding carboxylic acids is 1. The van der Waals surface area contributed by atoms with Gasteiger partial charge in [0.15, 0.2) is 0 Å². The average molecular weight is 482 g/mol. The number of amides is 1. The highest BCUT2D eigenvalue weighted by Gasteiger charge is 2.25. The number of para-hydroxylation sites is 1. The quantitative estimate of drug-likeness (QED) is 0.400. The molecule has 0 unspecified atom stereocenters. The molecule has 2 aromatic carbocycles. The van der Waals surface area contributed by atoms with Gasteiger partial charge in [0.25, 0.3) is 11.5 Å². The first-order valence-corrected chi connectivity index (χ1v) is 11.9. The summed E-state index contributed by atoms with van der Waals surface area (Å²) in [7, 11) is 0. The molecule has 0 saturated heterocycles. The molecule has 0 fully saturated rings. The second-order valence-corrected chi connectivity index (χ2v) is 9.12. The van der Waals surface area contributed by atoms with Gasteiger partial charge in [-0.1, -0.05) is 41.9 Å². The Bertz CT molecular complexity index is 1450. The molecule has 0 atom stereocenters. The second-order valence-electron chi connectivity index (χ2n) is 7.69. The molecule has 2 aromatic heterocycles. The monoisotopic (exact) mass is 481 g/mol. The smallest absolute Gasteiger partial charge is 0.337 e. The van der Waals surface area contributed by atoms with Crippen LogP contribution in [0.1, 0.15) is 34.6 Å². The number of aryl methyl sites for hydroxylation is 1. The Morgan fingerprint density at radius 1 is 1.03 bits per heavy atom. The van der Waals surface area contributed by atoms with Crippen molar-refractivity contribution in [1.29, 1.82) is 0 Å². The van der Waals surface area contributed by atoms with E-state index in [1.807, 2.05) is 32.0 Å². The molecule has 0 bridgehead atoms. The fraction of sp³-hybridized carbons (Fsp3) is 0.240. The zero-order chi connectivity index (χ0) is 23.7. The van der Waals surface area contributed by atoms with Crippen molar-refractivity contribution in [3.05, 3.63) is 96.5 Å². The summed E-state index contributed by atoms with van der Waals surface area (Å²) in [5.74, 6) is -0.133. The molecule has 8 heteroatoms. The molecule has 0 aliphatic rings. The minimum Gasteiger partial charge on any atom is -0.338 e. The molecule has 6 nitrogen and oxygen atoms in total. The van der Waals surface area contributed by atoms with Gasteiger partial charge in [0.2, 0.25) is 0 Å². The summed E-state index contributed by atoms with van der Waals surface area (Å²) in [6.07, 6.45) is 0. The molecule has 2 heterocycles. The average Bonchev–Trinajstić information content (AvgIpc) is 3.15. The van der Waals surface area contributed by atoms with E-state index < -0.39 is 11.2 Å². The lowest BCUT2D eigenvalue weighted by Crippen LogP contribution is -2.38. The van der Waals surface area contributed by atoms with Crippen molar-refractivity contribution in [2.75, 3.05) is 13.1 Å². The lowest BCUT2D eigenvalue weighted by atomic mass is 10.2. The number of benzene rings is 2. The van der Waals surface area contributed by atoms with Crippen molar-refractivity contribution in [2.24, 2.45) is 0 Å². The van der Waals surface area contributed by atoms with Crippen molar-refractivity contribution in [2.45, 2.75) is 27.3 Å². The maximum Gasteiger partial charge on any atom is 0.337 e. The normalized spacial score (nSPS) is 11.2.